The maximum Gasteiger partial charge on any atom is 2.00 e. The van der Waals surface area contributed by atoms with Gasteiger partial charge in [0.15, 0.2) is 0 Å². The van der Waals surface area contributed by atoms with Crippen molar-refractivity contribution in [2.45, 2.75) is 33.2 Å². The molecule has 1 aliphatic carbocycles. The predicted molar refractivity (Wildman–Crippen MR) is 63.3 cm³/mol. The van der Waals surface area contributed by atoms with E-state index in [9.17, 15) is 0 Å². The first-order valence-corrected chi connectivity index (χ1v) is 5.06. The maximum absolute atomic E-state index is 2.27. The predicted octanol–water partition coefficient (Wildman–Crippen LogP) is 2.72. The normalized spacial score (nSPS) is 16.6. The van der Waals surface area contributed by atoms with Gasteiger partial charge < -0.3 is 14.9 Å². The van der Waals surface area contributed by atoms with E-state index >= 15 is 0 Å². The van der Waals surface area contributed by atoms with Gasteiger partial charge in [-0.05, 0) is 44.4 Å². The van der Waals surface area contributed by atoms with Crippen LogP contribution in [0.4, 0.5) is 0 Å². The van der Waals surface area contributed by atoms with Crippen LogP contribution in [0.15, 0.2) is 22.3 Å². The van der Waals surface area contributed by atoms with E-state index in [1.54, 1.807) is 11.1 Å². The molecule has 0 aromatic rings. The van der Waals surface area contributed by atoms with E-state index < -0.39 is 0 Å². The van der Waals surface area contributed by atoms with Crippen LogP contribution in [0.1, 0.15) is 27.7 Å². The third-order valence-corrected chi connectivity index (χ3v) is 4.78. The zero-order valence-corrected chi connectivity index (χ0v) is 13.6. The Morgan fingerprint density at radius 2 is 1.08 bits per heavy atom. The van der Waals surface area contributed by atoms with Crippen LogP contribution < -0.4 is 0 Å². The minimum atomic E-state index is 0. The minimum absolute atomic E-state index is 0. The Labute approximate surface area is 102 Å². The van der Waals surface area contributed by atoms with Crippen molar-refractivity contribution in [2.24, 2.45) is 0 Å². The molecule has 1 rings (SSSR count). The Hall–Kier alpha value is 0.411. The molecule has 0 aromatic heterocycles. The monoisotopic (exact) mass is 230 g/mol. The molecule has 0 radical (unpaired) electrons. The van der Waals surface area contributed by atoms with Gasteiger partial charge in [-0.25, -0.2) is 0 Å². The summed E-state index contributed by atoms with van der Waals surface area (Å²) in [4.78, 5) is 0. The molecule has 0 spiro atoms. The van der Waals surface area contributed by atoms with Crippen LogP contribution in [-0.4, -0.2) is 10.2 Å². The molecular formula is C11H22SiTi. The first-order chi connectivity index (χ1) is 4.55. The van der Waals surface area contributed by atoms with Gasteiger partial charge in [-0.1, -0.05) is 11.1 Å². The van der Waals surface area contributed by atoms with E-state index in [1.807, 2.05) is 0 Å². The van der Waals surface area contributed by atoms with E-state index in [4.69, 9.17) is 0 Å². The smallest absolute Gasteiger partial charge is 0.358 e. The quantitative estimate of drug-likeness (QED) is 0.443. The number of rotatable bonds is 0. The molecule has 13 heavy (non-hydrogen) atoms. The van der Waals surface area contributed by atoms with Gasteiger partial charge in [0, 0.05) is 10.2 Å². The maximum atomic E-state index is 2.27. The molecule has 0 nitrogen and oxygen atoms in total. The van der Waals surface area contributed by atoms with Gasteiger partial charge in [0.05, 0.1) is 0 Å². The molecule has 0 bridgehead atoms. The van der Waals surface area contributed by atoms with Crippen molar-refractivity contribution < 1.29 is 21.7 Å². The van der Waals surface area contributed by atoms with Crippen molar-refractivity contribution in [1.29, 1.82) is 0 Å². The molecular weight excluding hydrogens is 208 g/mol. The Balaban J connectivity index is -0.000000333. The fraction of sp³-hybridized carbons (Fsp3) is 0.455. The summed E-state index contributed by atoms with van der Waals surface area (Å²) in [5.74, 6) is 0. The van der Waals surface area contributed by atoms with Gasteiger partial charge in [0.25, 0.3) is 0 Å². The molecule has 0 N–H and O–H groups in total. The average molecular weight is 230 g/mol. The van der Waals surface area contributed by atoms with Crippen molar-refractivity contribution in [2.75, 3.05) is 0 Å². The van der Waals surface area contributed by atoms with E-state index in [0.717, 1.165) is 5.54 Å². The van der Waals surface area contributed by atoms with Gasteiger partial charge in [-0.3, -0.25) is 0 Å². The summed E-state index contributed by atoms with van der Waals surface area (Å²) in [5.41, 5.74) is 7.14. The molecule has 0 fully saturated rings. The Bertz CT molecular complexity index is 202. The zero-order valence-electron chi connectivity index (χ0n) is 10.1. The van der Waals surface area contributed by atoms with E-state index in [2.05, 4.69) is 27.7 Å². The molecule has 0 saturated carbocycles. The van der Waals surface area contributed by atoms with Crippen molar-refractivity contribution in [3.63, 3.8) is 0 Å². The minimum Gasteiger partial charge on any atom is -0.358 e. The van der Waals surface area contributed by atoms with Crippen LogP contribution in [0.3, 0.4) is 0 Å². The first kappa shape index (κ1) is 19.1. The van der Waals surface area contributed by atoms with Crippen molar-refractivity contribution >= 4 is 10.2 Å². The third-order valence-electron chi connectivity index (χ3n) is 3.04. The Morgan fingerprint density at radius 1 is 0.846 bits per heavy atom. The Kier molecular flexibility index (Phi) is 9.98. The van der Waals surface area contributed by atoms with Crippen LogP contribution in [0, 0.1) is 14.9 Å². The van der Waals surface area contributed by atoms with Gasteiger partial charge in [-0.2, -0.15) is 0 Å². The first-order valence-electron chi connectivity index (χ1n) is 3.90. The summed E-state index contributed by atoms with van der Waals surface area (Å²) in [6.45, 7) is 9.03. The van der Waals surface area contributed by atoms with Crippen LogP contribution in [-0.2, 0) is 21.7 Å². The molecule has 0 amide bonds. The van der Waals surface area contributed by atoms with Crippen LogP contribution in [0.5, 0.6) is 0 Å². The molecule has 0 aliphatic heterocycles. The molecule has 0 saturated heterocycles. The number of hydrogen-bond donors (Lipinski definition) is 0. The van der Waals surface area contributed by atoms with Gasteiger partial charge in [0.1, 0.15) is 0 Å². The van der Waals surface area contributed by atoms with E-state index in [-0.39, 0.29) is 36.6 Å². The second-order valence-electron chi connectivity index (χ2n) is 3.34. The summed E-state index contributed by atoms with van der Waals surface area (Å²) < 4.78 is 0. The van der Waals surface area contributed by atoms with Crippen molar-refractivity contribution in [3.05, 3.63) is 37.1 Å². The molecule has 0 aromatic carbocycles. The van der Waals surface area contributed by atoms with Crippen LogP contribution >= 0.6 is 0 Å². The SMILES string of the molecule is CC1=C(C)C([SiH3])C(C)=C1C.[CH3-].[CH3-].[Ti+2]. The molecule has 0 heterocycles. The standard InChI is InChI=1S/C9H16Si.2CH3.Ti/c1-5-6(2)8(4)9(10)7(5)3;;;/h9H,1-4,10H3;2*1H3;/q;2*-1;+2. The molecule has 2 heteroatoms. The molecule has 74 valence electrons. The van der Waals surface area contributed by atoms with Gasteiger partial charge in [0.2, 0.25) is 0 Å². The fourth-order valence-electron chi connectivity index (χ4n) is 1.57. The largest absolute Gasteiger partial charge is 2.00 e. The molecule has 0 atom stereocenters. The second-order valence-corrected chi connectivity index (χ2v) is 4.49. The summed E-state index contributed by atoms with van der Waals surface area (Å²) in [7, 11) is 1.28. The van der Waals surface area contributed by atoms with Gasteiger partial charge >= 0.3 is 21.7 Å². The number of allylic oxidation sites excluding steroid dienone is 4. The second kappa shape index (κ2) is 6.80. The fourth-order valence-corrected chi connectivity index (χ4v) is 2.43. The summed E-state index contributed by atoms with van der Waals surface area (Å²) in [6.07, 6.45) is 0. The summed E-state index contributed by atoms with van der Waals surface area (Å²) >= 11 is 0. The van der Waals surface area contributed by atoms with Crippen LogP contribution in [0.25, 0.3) is 0 Å². The van der Waals surface area contributed by atoms with Crippen molar-refractivity contribution in [3.8, 4) is 0 Å². The van der Waals surface area contributed by atoms with Crippen LogP contribution in [0.2, 0.25) is 5.54 Å². The summed E-state index contributed by atoms with van der Waals surface area (Å²) in [6, 6.07) is 0. The van der Waals surface area contributed by atoms with Crippen molar-refractivity contribution in [1.82, 2.24) is 0 Å². The Morgan fingerprint density at radius 3 is 1.15 bits per heavy atom. The third kappa shape index (κ3) is 3.23. The zero-order chi connectivity index (χ0) is 7.89. The average Bonchev–Trinajstić information content (AvgIpc) is 2.07. The van der Waals surface area contributed by atoms with Gasteiger partial charge in [-0.15, -0.1) is 0 Å². The van der Waals surface area contributed by atoms with E-state index in [0.29, 0.717) is 0 Å². The van der Waals surface area contributed by atoms with E-state index in [1.165, 1.54) is 21.4 Å². The molecule has 1 aliphatic rings. The molecule has 0 unspecified atom stereocenters. The summed E-state index contributed by atoms with van der Waals surface area (Å²) in [5, 5.41) is 0. The topological polar surface area (TPSA) is 0 Å². The number of hydrogen-bond acceptors (Lipinski definition) is 0.